The topological polar surface area (TPSA) is 121 Å². The quantitative estimate of drug-likeness (QED) is 0.274. The van der Waals surface area contributed by atoms with Crippen LogP contribution < -0.4 is 0 Å². The van der Waals surface area contributed by atoms with E-state index in [4.69, 9.17) is 86.5 Å². The second-order valence-electron chi connectivity index (χ2n) is 1.77. The van der Waals surface area contributed by atoms with E-state index in [1.165, 1.54) is 0 Å². The van der Waals surface area contributed by atoms with Gasteiger partial charge in [-0.15, -0.1) is 0 Å². The van der Waals surface area contributed by atoms with E-state index in [9.17, 15) is 0 Å². The molecule has 0 aliphatic heterocycles. The Morgan fingerprint density at radius 1 is 0.409 bits per heavy atom. The Morgan fingerprint density at radius 2 is 0.455 bits per heavy atom. The van der Waals surface area contributed by atoms with Gasteiger partial charge in [-0.2, -0.15) is 0 Å². The number of halogens is 6. The molecule has 6 N–H and O–H groups in total. The van der Waals surface area contributed by atoms with Crippen LogP contribution in [0.25, 0.3) is 0 Å². The molecule has 0 unspecified atom stereocenters. The molecule has 136 valence electrons. The summed E-state index contributed by atoms with van der Waals surface area (Å²) in [5.74, 6) is 0. The summed E-state index contributed by atoms with van der Waals surface area (Å²) in [5, 5.41) is 45.8. The average Bonchev–Trinajstić information content (AvgIpc) is 2.37. The molecule has 0 fully saturated rings. The molecule has 22 heavy (non-hydrogen) atoms. The summed E-state index contributed by atoms with van der Waals surface area (Å²) in [4.78, 5) is 0. The molecule has 0 spiro atoms. The molecule has 0 saturated carbocycles. The van der Waals surface area contributed by atoms with Crippen LogP contribution in [0.4, 0.5) is 0 Å². The van der Waals surface area contributed by atoms with E-state index in [1.54, 1.807) is 0 Å². The summed E-state index contributed by atoms with van der Waals surface area (Å²) in [6.45, 7) is -0.750. The van der Waals surface area contributed by atoms with Gasteiger partial charge >= 0.3 is 85.2 Å². The van der Waals surface area contributed by atoms with Crippen LogP contribution in [0.2, 0.25) is 0 Å². The fourth-order valence-electron chi connectivity index (χ4n) is 0. The van der Waals surface area contributed by atoms with Crippen LogP contribution in [0, 0.1) is 0 Å². The van der Waals surface area contributed by atoms with Gasteiger partial charge in [0.2, 0.25) is 0 Å². The molecular formula is C6H18Cl6O6Ti4. The van der Waals surface area contributed by atoms with Crippen LogP contribution in [0.1, 0.15) is 0 Å². The van der Waals surface area contributed by atoms with Gasteiger partial charge in [-0.05, 0) is 0 Å². The van der Waals surface area contributed by atoms with Crippen molar-refractivity contribution in [3.05, 3.63) is 0 Å². The van der Waals surface area contributed by atoms with E-state index in [0.29, 0.717) is 0 Å². The van der Waals surface area contributed by atoms with Gasteiger partial charge < -0.3 is 30.6 Å². The van der Waals surface area contributed by atoms with Crippen molar-refractivity contribution < 1.29 is 103 Å². The molecule has 0 bridgehead atoms. The molecule has 0 rings (SSSR count). The molecule has 0 saturated heterocycles. The summed E-state index contributed by atoms with van der Waals surface area (Å²) in [5.41, 5.74) is 0. The molecule has 0 heterocycles. The minimum atomic E-state index is -1.92. The van der Waals surface area contributed by atoms with E-state index < -0.39 is 29.4 Å². The largest absolute Gasteiger partial charge is 0 e. The molecule has 0 aromatic carbocycles. The maximum Gasteiger partial charge on any atom is 0 e. The van der Waals surface area contributed by atoms with Gasteiger partial charge in [0.25, 0.3) is 0 Å². The Kier molecular flexibility index (Phi) is 116. The first-order chi connectivity index (χ1) is 9.21. The Labute approximate surface area is 196 Å². The van der Waals surface area contributed by atoms with Crippen LogP contribution in [0.15, 0.2) is 0 Å². The minimum absolute atomic E-state index is 0. The zero-order valence-corrected chi connectivity index (χ0v) is 22.0. The van der Waals surface area contributed by atoms with Crippen molar-refractivity contribution in [3.8, 4) is 0 Å². The van der Waals surface area contributed by atoms with Crippen LogP contribution in [0.3, 0.4) is 0 Å². The molecule has 0 aromatic rings. The maximum absolute atomic E-state index is 7.62. The molecule has 16 heteroatoms. The number of hydrogen-bond acceptors (Lipinski definition) is 6. The molecular weight excluding hydrogens is 572 g/mol. The van der Waals surface area contributed by atoms with E-state index in [1.807, 2.05) is 0 Å². The summed E-state index contributed by atoms with van der Waals surface area (Å²) < 4.78 is 0. The molecule has 6 nitrogen and oxygen atoms in total. The standard InChI is InChI=1S/3C2H6O2.6ClH.4Ti/c3*3-1-2-4;;;;;;;;;;/h3*3-4H,1-2H2;6*1H;;;;/q;;;;;;;;;;;2*+3/p-6. The SMILES string of the molecule is OCCO.OCCO.OCCO.[Cl][Ti]([Cl])[Cl].[Cl][Ti]([Cl])[Cl].[Ti].[Ti]. The molecule has 0 aromatic heterocycles. The van der Waals surface area contributed by atoms with Gasteiger partial charge in [-0.1, -0.05) is 0 Å². The van der Waals surface area contributed by atoms with Gasteiger partial charge in [-0.3, -0.25) is 0 Å². The van der Waals surface area contributed by atoms with Crippen LogP contribution in [-0.2, 0) is 72.8 Å². The summed E-state index contributed by atoms with van der Waals surface area (Å²) >= 11 is -3.83. The van der Waals surface area contributed by atoms with Crippen LogP contribution in [0.5, 0.6) is 0 Å². The van der Waals surface area contributed by atoms with Crippen molar-refractivity contribution in [1.29, 1.82) is 0 Å². The Morgan fingerprint density at radius 3 is 0.455 bits per heavy atom. The molecule has 0 aliphatic rings. The number of hydrogen-bond donors (Lipinski definition) is 6. The van der Waals surface area contributed by atoms with Crippen molar-refractivity contribution in [2.75, 3.05) is 39.6 Å². The fraction of sp³-hybridized carbons (Fsp3) is 1.00. The number of rotatable bonds is 3. The molecule has 0 atom stereocenters. The van der Waals surface area contributed by atoms with E-state index in [2.05, 4.69) is 0 Å². The Balaban J connectivity index is -0.0000000250. The number of aliphatic hydroxyl groups is 6. The molecule has 0 amide bonds. The second kappa shape index (κ2) is 56.2. The van der Waals surface area contributed by atoms with Crippen molar-refractivity contribution in [2.24, 2.45) is 0 Å². The van der Waals surface area contributed by atoms with Crippen molar-refractivity contribution in [3.63, 3.8) is 0 Å². The molecule has 0 aliphatic carbocycles. The third-order valence-electron chi connectivity index (χ3n) is 0.300. The fourth-order valence-corrected chi connectivity index (χ4v) is 0. The predicted molar refractivity (Wildman–Crippen MR) is 77.6 cm³/mol. The summed E-state index contributed by atoms with van der Waals surface area (Å²) in [6.07, 6.45) is 0. The van der Waals surface area contributed by atoms with Gasteiger partial charge in [-0.25, -0.2) is 0 Å². The van der Waals surface area contributed by atoms with Gasteiger partial charge in [0.1, 0.15) is 0 Å². The van der Waals surface area contributed by atoms with E-state index >= 15 is 0 Å². The summed E-state index contributed by atoms with van der Waals surface area (Å²) in [7, 11) is 29.8. The van der Waals surface area contributed by atoms with Crippen molar-refractivity contribution >= 4 is 55.8 Å². The predicted octanol–water partition coefficient (Wildman–Crippen LogP) is 1.04. The van der Waals surface area contributed by atoms with E-state index in [-0.39, 0.29) is 83.1 Å². The monoisotopic (exact) mass is 588 g/mol. The average molecular weight is 590 g/mol. The Bertz CT molecular complexity index is 98.6. The zero-order chi connectivity index (χ0) is 17.4. The van der Waals surface area contributed by atoms with Gasteiger partial charge in [0.15, 0.2) is 0 Å². The maximum atomic E-state index is 7.62. The normalized spacial score (nSPS) is 6.55. The molecule has 0 radical (unpaired) electrons. The third kappa shape index (κ3) is 245. The van der Waals surface area contributed by atoms with Crippen LogP contribution in [-0.4, -0.2) is 70.3 Å². The third-order valence-corrected chi connectivity index (χ3v) is 0.300. The Hall–Kier alpha value is 4.36. The van der Waals surface area contributed by atoms with E-state index in [0.717, 1.165) is 0 Å². The van der Waals surface area contributed by atoms with Crippen molar-refractivity contribution in [1.82, 2.24) is 0 Å². The second-order valence-corrected chi connectivity index (χ2v) is 17.2. The summed E-state index contributed by atoms with van der Waals surface area (Å²) in [6, 6.07) is 0. The minimum Gasteiger partial charge on any atom is 0 e. The van der Waals surface area contributed by atoms with Gasteiger partial charge in [0, 0.05) is 43.4 Å². The number of aliphatic hydroxyl groups excluding tert-OH is 6. The first-order valence-corrected chi connectivity index (χ1v) is 17.4. The van der Waals surface area contributed by atoms with Crippen LogP contribution >= 0.6 is 55.8 Å². The first kappa shape index (κ1) is 45.2. The van der Waals surface area contributed by atoms with Crippen molar-refractivity contribution in [2.45, 2.75) is 0 Å². The smallest absolute Gasteiger partial charge is 0 e. The first-order valence-electron chi connectivity index (χ1n) is 4.53. The van der Waals surface area contributed by atoms with Gasteiger partial charge in [0.05, 0.1) is 39.6 Å². The zero-order valence-electron chi connectivity index (χ0n) is 11.2.